The van der Waals surface area contributed by atoms with Crippen molar-refractivity contribution in [2.45, 2.75) is 32.7 Å². The molecule has 6 nitrogen and oxygen atoms in total. The number of rotatable bonds is 3. The van der Waals surface area contributed by atoms with Gasteiger partial charge in [0.2, 0.25) is 0 Å². The molecular weight excluding hydrogens is 327 g/mol. The third-order valence-electron chi connectivity index (χ3n) is 3.29. The zero-order chi connectivity index (χ0) is 16.3. The van der Waals surface area contributed by atoms with Crippen molar-refractivity contribution in [1.82, 2.24) is 15.5 Å². The summed E-state index contributed by atoms with van der Waals surface area (Å²) in [6, 6.07) is 0. The smallest absolute Gasteiger partial charge is 0.407 e. The minimum Gasteiger partial charge on any atom is -0.449 e. The van der Waals surface area contributed by atoms with Gasteiger partial charge in [0.15, 0.2) is 5.15 Å². The van der Waals surface area contributed by atoms with E-state index in [1.165, 1.54) is 0 Å². The van der Waals surface area contributed by atoms with Crippen molar-refractivity contribution in [3.8, 4) is 0 Å². The molecule has 0 radical (unpaired) electrons. The van der Waals surface area contributed by atoms with Crippen LogP contribution in [-0.4, -0.2) is 41.5 Å². The van der Waals surface area contributed by atoms with E-state index in [1.807, 2.05) is 20.8 Å². The number of carbonyl (C=O) groups excluding carboxylic acids is 1. The van der Waals surface area contributed by atoms with Gasteiger partial charge in [-0.25, -0.2) is 4.79 Å². The van der Waals surface area contributed by atoms with Gasteiger partial charge in [-0.1, -0.05) is 23.2 Å². The van der Waals surface area contributed by atoms with E-state index in [1.54, 1.807) is 6.20 Å². The Bertz CT molecular complexity index is 548. The molecule has 1 atom stereocenters. The Morgan fingerprint density at radius 3 is 2.91 bits per heavy atom. The van der Waals surface area contributed by atoms with Crippen LogP contribution < -0.4 is 10.2 Å². The fourth-order valence-corrected chi connectivity index (χ4v) is 2.63. The average Bonchev–Trinajstić information content (AvgIpc) is 2.86. The molecule has 0 aliphatic carbocycles. The van der Waals surface area contributed by atoms with E-state index in [0.29, 0.717) is 11.6 Å². The van der Waals surface area contributed by atoms with Gasteiger partial charge in [-0.15, -0.1) is 5.10 Å². The van der Waals surface area contributed by atoms with Crippen molar-refractivity contribution in [2.24, 2.45) is 5.92 Å². The number of halogens is 2. The number of aromatic nitrogens is 2. The van der Waals surface area contributed by atoms with Crippen LogP contribution in [0.5, 0.6) is 0 Å². The molecule has 1 aromatic rings. The van der Waals surface area contributed by atoms with Crippen molar-refractivity contribution in [2.75, 3.05) is 24.6 Å². The van der Waals surface area contributed by atoms with Crippen molar-refractivity contribution in [3.05, 3.63) is 16.4 Å². The lowest BCUT2D eigenvalue weighted by Crippen LogP contribution is -2.41. The number of carbonyl (C=O) groups is 1. The molecule has 1 aliphatic rings. The summed E-state index contributed by atoms with van der Waals surface area (Å²) >= 11 is 12.0. The third-order valence-corrected chi connectivity index (χ3v) is 4.02. The normalized spacial score (nSPS) is 18.4. The fourth-order valence-electron chi connectivity index (χ4n) is 2.28. The number of nitrogens with zero attached hydrogens (tertiary/aromatic N) is 3. The Morgan fingerprint density at radius 2 is 2.23 bits per heavy atom. The molecule has 1 saturated heterocycles. The quantitative estimate of drug-likeness (QED) is 0.910. The van der Waals surface area contributed by atoms with Crippen LogP contribution in [0.1, 0.15) is 27.2 Å². The Labute approximate surface area is 140 Å². The summed E-state index contributed by atoms with van der Waals surface area (Å²) in [5.41, 5.74) is 0.467. The van der Waals surface area contributed by atoms with Gasteiger partial charge in [0.1, 0.15) is 5.02 Å². The van der Waals surface area contributed by atoms with Gasteiger partial charge in [-0.2, -0.15) is 5.10 Å². The van der Waals surface area contributed by atoms with Gasteiger partial charge in [0, 0.05) is 24.5 Å². The minimum absolute atomic E-state index is 0.198. The minimum atomic E-state index is -0.391. The van der Waals surface area contributed by atoms with Crippen LogP contribution in [0.15, 0.2) is 6.20 Å². The van der Waals surface area contributed by atoms with Gasteiger partial charge in [-0.3, -0.25) is 0 Å². The van der Waals surface area contributed by atoms with E-state index in [0.717, 1.165) is 25.2 Å². The molecule has 2 rings (SSSR count). The number of hydrogen-bond donors (Lipinski definition) is 1. The molecule has 0 spiro atoms. The van der Waals surface area contributed by atoms with Crippen molar-refractivity contribution < 1.29 is 9.53 Å². The van der Waals surface area contributed by atoms with E-state index in [4.69, 9.17) is 27.9 Å². The Balaban J connectivity index is 1.86. The van der Waals surface area contributed by atoms with Crippen LogP contribution in [0, 0.1) is 5.92 Å². The molecule has 0 saturated carbocycles. The van der Waals surface area contributed by atoms with E-state index in [-0.39, 0.29) is 16.6 Å². The van der Waals surface area contributed by atoms with E-state index >= 15 is 0 Å². The average molecular weight is 347 g/mol. The van der Waals surface area contributed by atoms with Crippen molar-refractivity contribution >= 4 is 35.0 Å². The number of anilines is 1. The fraction of sp³-hybridized carbons (Fsp3) is 0.643. The van der Waals surface area contributed by atoms with Gasteiger partial charge in [0.05, 0.1) is 18.5 Å². The largest absolute Gasteiger partial charge is 0.449 e. The van der Waals surface area contributed by atoms with Crippen LogP contribution >= 0.6 is 23.2 Å². The number of amides is 1. The molecule has 8 heteroatoms. The molecule has 1 aromatic heterocycles. The predicted molar refractivity (Wildman–Crippen MR) is 86.6 cm³/mol. The van der Waals surface area contributed by atoms with Crippen molar-refractivity contribution in [1.29, 1.82) is 0 Å². The molecule has 22 heavy (non-hydrogen) atoms. The van der Waals surface area contributed by atoms with Gasteiger partial charge in [-0.05, 0) is 27.2 Å². The second kappa shape index (κ2) is 6.87. The summed E-state index contributed by atoms with van der Waals surface area (Å²) in [5.74, 6) is 0.258. The van der Waals surface area contributed by atoms with Crippen LogP contribution in [0.4, 0.5) is 10.5 Å². The van der Waals surface area contributed by atoms with Gasteiger partial charge >= 0.3 is 6.09 Å². The maximum atomic E-state index is 11.7. The Morgan fingerprint density at radius 1 is 1.50 bits per heavy atom. The summed E-state index contributed by atoms with van der Waals surface area (Å²) in [7, 11) is 0. The van der Waals surface area contributed by atoms with Gasteiger partial charge < -0.3 is 15.0 Å². The highest BCUT2D eigenvalue weighted by Gasteiger charge is 2.26. The maximum Gasteiger partial charge on any atom is 0.407 e. The van der Waals surface area contributed by atoms with Gasteiger partial charge in [0.25, 0.3) is 0 Å². The van der Waals surface area contributed by atoms with Crippen LogP contribution in [0.3, 0.4) is 0 Å². The van der Waals surface area contributed by atoms with E-state index in [2.05, 4.69) is 20.4 Å². The highest BCUT2D eigenvalue weighted by atomic mass is 35.5. The van der Waals surface area contributed by atoms with Crippen LogP contribution in [0.25, 0.3) is 0 Å². The number of hydrogen-bond acceptors (Lipinski definition) is 5. The standard InChI is InChI=1S/C14H20Cl2N4O2/c1-14(2,3)18-13(21)22-8-9-4-5-20(7-9)10-6-17-19-12(16)11(10)15/h6,9H,4-5,7-8H2,1-3H3,(H,18,21). The molecule has 1 aliphatic heterocycles. The highest BCUT2D eigenvalue weighted by Crippen LogP contribution is 2.33. The monoisotopic (exact) mass is 346 g/mol. The first-order valence-corrected chi connectivity index (χ1v) is 7.88. The summed E-state index contributed by atoms with van der Waals surface area (Å²) in [5, 5.41) is 10.9. The highest BCUT2D eigenvalue weighted by molar-refractivity contribution is 6.42. The first-order valence-electron chi connectivity index (χ1n) is 7.13. The predicted octanol–water partition coefficient (Wildman–Crippen LogP) is 3.13. The third kappa shape index (κ3) is 4.61. The molecule has 0 aromatic carbocycles. The summed E-state index contributed by atoms with van der Waals surface area (Å²) < 4.78 is 5.28. The summed E-state index contributed by atoms with van der Waals surface area (Å²) in [6.07, 6.45) is 2.13. The molecule has 122 valence electrons. The van der Waals surface area contributed by atoms with E-state index < -0.39 is 6.09 Å². The first kappa shape index (κ1) is 17.1. The Hall–Kier alpha value is -1.27. The van der Waals surface area contributed by atoms with E-state index in [9.17, 15) is 4.79 Å². The molecule has 2 heterocycles. The maximum absolute atomic E-state index is 11.7. The zero-order valence-corrected chi connectivity index (χ0v) is 14.4. The molecule has 1 unspecified atom stereocenters. The number of alkyl carbamates (subject to hydrolysis) is 1. The number of ether oxygens (including phenoxy) is 1. The topological polar surface area (TPSA) is 67.3 Å². The lowest BCUT2D eigenvalue weighted by molar-refractivity contribution is 0.123. The Kier molecular flexibility index (Phi) is 5.34. The summed E-state index contributed by atoms with van der Waals surface area (Å²) in [6.45, 7) is 7.67. The molecular formula is C14H20Cl2N4O2. The lowest BCUT2D eigenvalue weighted by atomic mass is 10.1. The number of nitrogens with one attached hydrogen (secondary N) is 1. The second-order valence-electron chi connectivity index (χ2n) is 6.41. The molecule has 1 amide bonds. The SMILES string of the molecule is CC(C)(C)NC(=O)OCC1CCN(c2cnnc(Cl)c2Cl)C1. The van der Waals surface area contributed by atoms with Crippen molar-refractivity contribution in [3.63, 3.8) is 0 Å². The second-order valence-corrected chi connectivity index (χ2v) is 7.14. The van der Waals surface area contributed by atoms with Crippen LogP contribution in [-0.2, 0) is 4.74 Å². The van der Waals surface area contributed by atoms with Crippen LogP contribution in [0.2, 0.25) is 10.2 Å². The molecule has 1 N–H and O–H groups in total. The first-order chi connectivity index (χ1) is 10.3. The summed E-state index contributed by atoms with van der Waals surface area (Å²) in [4.78, 5) is 13.7. The molecule has 0 bridgehead atoms. The molecule has 1 fully saturated rings. The lowest BCUT2D eigenvalue weighted by Gasteiger charge is -2.21. The zero-order valence-electron chi connectivity index (χ0n) is 12.9.